The van der Waals surface area contributed by atoms with Crippen molar-refractivity contribution in [3.8, 4) is 0 Å². The van der Waals surface area contributed by atoms with Crippen LogP contribution in [0.5, 0.6) is 0 Å². The number of aliphatic imine (C=N–C) groups is 1. The van der Waals surface area contributed by atoms with Crippen LogP contribution in [0.1, 0.15) is 42.9 Å². The maximum absolute atomic E-state index is 6.18. The molecule has 1 aromatic heterocycles. The molecule has 2 aliphatic carbocycles. The highest BCUT2D eigenvalue weighted by Gasteiger charge is 2.30. The summed E-state index contributed by atoms with van der Waals surface area (Å²) in [5, 5.41) is 0.795. The molecule has 4 rings (SSSR count). The van der Waals surface area contributed by atoms with Gasteiger partial charge in [0.05, 0.1) is 23.4 Å². The Morgan fingerprint density at radius 2 is 2.26 bits per heavy atom. The zero-order valence-electron chi connectivity index (χ0n) is 10.6. The lowest BCUT2D eigenvalue weighted by Crippen LogP contribution is -2.13. The second-order valence-corrected chi connectivity index (χ2v) is 5.96. The Bertz CT molecular complexity index is 590. The van der Waals surface area contributed by atoms with Crippen molar-refractivity contribution in [3.63, 3.8) is 0 Å². The third kappa shape index (κ3) is 2.21. The number of hydrogen-bond donors (Lipinski definition) is 0. The first-order chi connectivity index (χ1) is 9.29. The van der Waals surface area contributed by atoms with Gasteiger partial charge in [-0.05, 0) is 36.0 Å². The van der Waals surface area contributed by atoms with Crippen LogP contribution in [-0.4, -0.2) is 16.8 Å². The zero-order valence-corrected chi connectivity index (χ0v) is 11.4. The Hall–Kier alpha value is -1.19. The summed E-state index contributed by atoms with van der Waals surface area (Å²) >= 11 is 6.18. The van der Waals surface area contributed by atoms with Crippen molar-refractivity contribution in [1.82, 2.24) is 4.98 Å². The molecule has 0 saturated heterocycles. The van der Waals surface area contributed by atoms with Gasteiger partial charge in [0, 0.05) is 31.0 Å². The Morgan fingerprint density at radius 3 is 2.95 bits per heavy atom. The van der Waals surface area contributed by atoms with Crippen LogP contribution in [-0.2, 0) is 11.3 Å². The molecule has 2 saturated carbocycles. The van der Waals surface area contributed by atoms with Crippen LogP contribution in [0.15, 0.2) is 29.0 Å². The van der Waals surface area contributed by atoms with E-state index in [2.05, 4.69) is 16.0 Å². The Kier molecular flexibility index (Phi) is 2.71. The van der Waals surface area contributed by atoms with Crippen molar-refractivity contribution in [1.29, 1.82) is 0 Å². The fourth-order valence-electron chi connectivity index (χ4n) is 2.81. The van der Waals surface area contributed by atoms with Crippen molar-refractivity contribution in [3.05, 3.63) is 40.3 Å². The van der Waals surface area contributed by atoms with Crippen molar-refractivity contribution in [2.24, 2.45) is 4.99 Å². The molecule has 1 atom stereocenters. The van der Waals surface area contributed by atoms with E-state index < -0.39 is 0 Å². The van der Waals surface area contributed by atoms with Gasteiger partial charge in [-0.1, -0.05) is 11.6 Å². The number of ether oxygens (including phenoxy) is 1. The first-order valence-electron chi connectivity index (χ1n) is 6.80. The molecule has 0 N–H and O–H groups in total. The van der Waals surface area contributed by atoms with Gasteiger partial charge >= 0.3 is 0 Å². The number of fused-ring (bicyclic) bond motifs is 2. The van der Waals surface area contributed by atoms with Gasteiger partial charge in [-0.25, -0.2) is 0 Å². The molecule has 0 spiro atoms. The molecule has 3 aliphatic rings. The van der Waals surface area contributed by atoms with E-state index in [0.717, 1.165) is 23.6 Å². The molecule has 2 heterocycles. The smallest absolute Gasteiger partial charge is 0.0896 e. The monoisotopic (exact) mass is 274 g/mol. The quantitative estimate of drug-likeness (QED) is 0.840. The lowest BCUT2D eigenvalue weighted by Gasteiger charge is -2.14. The topological polar surface area (TPSA) is 34.5 Å². The van der Waals surface area contributed by atoms with Gasteiger partial charge < -0.3 is 4.74 Å². The molecule has 1 aliphatic heterocycles. The number of pyridine rings is 1. The first-order valence-corrected chi connectivity index (χ1v) is 7.18. The number of hydrogen-bond acceptors (Lipinski definition) is 3. The van der Waals surface area contributed by atoms with Gasteiger partial charge in [0.1, 0.15) is 0 Å². The van der Waals surface area contributed by atoms with Crippen LogP contribution in [0.2, 0.25) is 5.02 Å². The van der Waals surface area contributed by atoms with Crippen molar-refractivity contribution in [2.45, 2.75) is 44.3 Å². The van der Waals surface area contributed by atoms with Gasteiger partial charge in [0.15, 0.2) is 0 Å². The van der Waals surface area contributed by atoms with Crippen molar-refractivity contribution in [2.75, 3.05) is 0 Å². The minimum Gasteiger partial charge on any atom is -0.367 e. The number of aromatic nitrogens is 1. The molecule has 0 unspecified atom stereocenters. The van der Waals surface area contributed by atoms with Gasteiger partial charge in [0.2, 0.25) is 0 Å². The molecule has 4 heteroatoms. The zero-order chi connectivity index (χ0) is 12.8. The van der Waals surface area contributed by atoms with E-state index in [1.165, 1.54) is 29.7 Å². The maximum Gasteiger partial charge on any atom is 0.0896 e. The fraction of sp³-hybridized carbons (Fsp3) is 0.467. The SMILES string of the molecule is Clc1cnc(CO[C@H]2CC3=NC=C2C3)cc1C1CC1. The molecular formula is C15H15ClN2O. The summed E-state index contributed by atoms with van der Waals surface area (Å²) in [6, 6.07) is 2.11. The van der Waals surface area contributed by atoms with Gasteiger partial charge in [-0.3, -0.25) is 9.98 Å². The highest BCUT2D eigenvalue weighted by Crippen LogP contribution is 2.43. The minimum absolute atomic E-state index is 0.217. The maximum atomic E-state index is 6.18. The van der Waals surface area contributed by atoms with E-state index in [-0.39, 0.29) is 6.10 Å². The van der Waals surface area contributed by atoms with Crippen molar-refractivity contribution < 1.29 is 4.74 Å². The third-order valence-corrected chi connectivity index (χ3v) is 4.36. The van der Waals surface area contributed by atoms with Crippen molar-refractivity contribution >= 4 is 17.3 Å². The Labute approximate surface area is 117 Å². The van der Waals surface area contributed by atoms with Crippen LogP contribution in [0, 0.1) is 0 Å². The summed E-state index contributed by atoms with van der Waals surface area (Å²) < 4.78 is 5.96. The van der Waals surface area contributed by atoms with Gasteiger partial charge in [0.25, 0.3) is 0 Å². The lowest BCUT2D eigenvalue weighted by atomic mass is 10.1. The van der Waals surface area contributed by atoms with E-state index in [9.17, 15) is 0 Å². The van der Waals surface area contributed by atoms with Crippen LogP contribution in [0.25, 0.3) is 0 Å². The predicted octanol–water partition coefficient (Wildman–Crippen LogP) is 3.63. The second kappa shape index (κ2) is 4.43. The third-order valence-electron chi connectivity index (χ3n) is 4.05. The number of nitrogens with zero attached hydrogens (tertiary/aromatic N) is 2. The average Bonchev–Trinajstić information content (AvgIpc) is 3.06. The predicted molar refractivity (Wildman–Crippen MR) is 74.6 cm³/mol. The average molecular weight is 275 g/mol. The molecule has 2 bridgehead atoms. The molecular weight excluding hydrogens is 260 g/mol. The fourth-order valence-corrected chi connectivity index (χ4v) is 3.06. The Morgan fingerprint density at radius 1 is 1.37 bits per heavy atom. The van der Waals surface area contributed by atoms with E-state index in [0.29, 0.717) is 12.5 Å². The van der Waals surface area contributed by atoms with Gasteiger partial charge in [-0.15, -0.1) is 0 Å². The number of halogens is 1. The summed E-state index contributed by atoms with van der Waals surface area (Å²) in [5.74, 6) is 0.647. The van der Waals surface area contributed by atoms with E-state index >= 15 is 0 Å². The molecule has 2 fully saturated rings. The normalized spacial score (nSPS) is 24.6. The first kappa shape index (κ1) is 11.6. The summed E-state index contributed by atoms with van der Waals surface area (Å²) in [6.07, 6.45) is 8.39. The highest BCUT2D eigenvalue weighted by molar-refractivity contribution is 6.31. The van der Waals surface area contributed by atoms with Crippen LogP contribution >= 0.6 is 11.6 Å². The van der Waals surface area contributed by atoms with E-state index in [1.807, 2.05) is 6.20 Å². The molecule has 19 heavy (non-hydrogen) atoms. The van der Waals surface area contributed by atoms with E-state index in [1.54, 1.807) is 6.20 Å². The Balaban J connectivity index is 1.44. The summed E-state index contributed by atoms with van der Waals surface area (Å²) in [6.45, 7) is 0.562. The molecule has 0 radical (unpaired) electrons. The molecule has 1 aromatic rings. The molecule has 98 valence electrons. The van der Waals surface area contributed by atoms with E-state index in [4.69, 9.17) is 16.3 Å². The number of rotatable bonds is 4. The van der Waals surface area contributed by atoms with Crippen LogP contribution in [0.4, 0.5) is 0 Å². The standard InChI is InChI=1S/C15H15ClN2O/c16-14-7-18-12(4-13(14)9-1-2-9)8-19-15-5-11-3-10(15)6-17-11/h4,6-7,9,15H,1-3,5,8H2/t15-/m0/s1. The summed E-state index contributed by atoms with van der Waals surface area (Å²) in [5.41, 5.74) is 4.79. The van der Waals surface area contributed by atoms with Crippen LogP contribution < -0.4 is 0 Å². The molecule has 3 nitrogen and oxygen atoms in total. The second-order valence-electron chi connectivity index (χ2n) is 5.55. The lowest BCUT2D eigenvalue weighted by molar-refractivity contribution is 0.0704. The largest absolute Gasteiger partial charge is 0.367 e. The molecule has 0 amide bonds. The molecule has 0 aromatic carbocycles. The summed E-state index contributed by atoms with van der Waals surface area (Å²) in [4.78, 5) is 8.67. The van der Waals surface area contributed by atoms with Crippen LogP contribution in [0.3, 0.4) is 0 Å². The minimum atomic E-state index is 0.217. The van der Waals surface area contributed by atoms with Gasteiger partial charge in [-0.2, -0.15) is 0 Å². The highest BCUT2D eigenvalue weighted by atomic mass is 35.5. The summed E-state index contributed by atoms with van der Waals surface area (Å²) in [7, 11) is 0.